The van der Waals surface area contributed by atoms with Gasteiger partial charge in [0.25, 0.3) is 0 Å². The van der Waals surface area contributed by atoms with Gasteiger partial charge in [-0.2, -0.15) is 0 Å². The summed E-state index contributed by atoms with van der Waals surface area (Å²) < 4.78 is 0. The van der Waals surface area contributed by atoms with Crippen LogP contribution in [0.25, 0.3) is 28.6 Å². The van der Waals surface area contributed by atoms with E-state index in [4.69, 9.17) is 10.9 Å². The standard InChI is InChI=1S/C18H15N5O/c19-10-16-21-17(11-5-7-20-8-6-11)18(22-16)13-1-3-14-12(9-13)2-4-15(14)23-24/h1-9,24H,10,19H2,(H,21,22). The van der Waals surface area contributed by atoms with Crippen LogP contribution in [0.15, 0.2) is 54.0 Å². The fourth-order valence-corrected chi connectivity index (χ4v) is 2.88. The van der Waals surface area contributed by atoms with Gasteiger partial charge in [0.2, 0.25) is 0 Å². The van der Waals surface area contributed by atoms with Crippen molar-refractivity contribution in [1.29, 1.82) is 0 Å². The van der Waals surface area contributed by atoms with Crippen LogP contribution in [-0.4, -0.2) is 25.9 Å². The predicted molar refractivity (Wildman–Crippen MR) is 92.5 cm³/mol. The van der Waals surface area contributed by atoms with Crippen LogP contribution in [0, 0.1) is 0 Å². The van der Waals surface area contributed by atoms with Gasteiger partial charge in [-0.1, -0.05) is 23.4 Å². The number of hydrogen-bond acceptors (Lipinski definition) is 5. The molecule has 0 saturated heterocycles. The van der Waals surface area contributed by atoms with Crippen molar-refractivity contribution in [3.8, 4) is 22.5 Å². The molecule has 0 fully saturated rings. The molecule has 118 valence electrons. The SMILES string of the molecule is NCc1nc(-c2ccc3c(c2)C=CC3=NO)c(-c2ccncc2)[nH]1. The molecule has 0 bridgehead atoms. The van der Waals surface area contributed by atoms with E-state index < -0.39 is 0 Å². The summed E-state index contributed by atoms with van der Waals surface area (Å²) in [7, 11) is 0. The molecule has 1 aliphatic carbocycles. The molecule has 0 aliphatic heterocycles. The third kappa shape index (κ3) is 2.29. The van der Waals surface area contributed by atoms with Gasteiger partial charge in [-0.15, -0.1) is 0 Å². The molecule has 0 amide bonds. The van der Waals surface area contributed by atoms with E-state index in [9.17, 15) is 0 Å². The number of H-pyrrole nitrogens is 1. The van der Waals surface area contributed by atoms with Gasteiger partial charge < -0.3 is 15.9 Å². The van der Waals surface area contributed by atoms with Gasteiger partial charge >= 0.3 is 0 Å². The first-order valence-corrected chi connectivity index (χ1v) is 7.54. The van der Waals surface area contributed by atoms with Crippen molar-refractivity contribution in [3.63, 3.8) is 0 Å². The summed E-state index contributed by atoms with van der Waals surface area (Å²) in [6, 6.07) is 9.80. The lowest BCUT2D eigenvalue weighted by molar-refractivity contribution is 0.320. The number of nitrogens with one attached hydrogen (secondary N) is 1. The molecule has 1 aromatic carbocycles. The second-order valence-corrected chi connectivity index (χ2v) is 5.47. The Morgan fingerprint density at radius 2 is 1.92 bits per heavy atom. The average Bonchev–Trinajstić information content (AvgIpc) is 3.25. The number of aromatic amines is 1. The lowest BCUT2D eigenvalue weighted by atomic mass is 10.0. The highest BCUT2D eigenvalue weighted by atomic mass is 16.4. The summed E-state index contributed by atoms with van der Waals surface area (Å²) in [6.45, 7) is 0.338. The molecule has 0 radical (unpaired) electrons. The van der Waals surface area contributed by atoms with Crippen LogP contribution >= 0.6 is 0 Å². The summed E-state index contributed by atoms with van der Waals surface area (Å²) >= 11 is 0. The lowest BCUT2D eigenvalue weighted by Crippen LogP contribution is -1.98. The highest BCUT2D eigenvalue weighted by Gasteiger charge is 2.17. The van der Waals surface area contributed by atoms with Crippen LogP contribution in [0.3, 0.4) is 0 Å². The van der Waals surface area contributed by atoms with E-state index >= 15 is 0 Å². The number of rotatable bonds is 3. The van der Waals surface area contributed by atoms with Crippen LogP contribution < -0.4 is 5.73 Å². The van der Waals surface area contributed by atoms with E-state index in [1.165, 1.54) is 0 Å². The van der Waals surface area contributed by atoms with E-state index in [0.717, 1.165) is 39.5 Å². The normalized spacial score (nSPS) is 14.3. The van der Waals surface area contributed by atoms with E-state index in [1.54, 1.807) is 18.5 Å². The summed E-state index contributed by atoms with van der Waals surface area (Å²) in [5.74, 6) is 0.727. The Morgan fingerprint density at radius 3 is 2.67 bits per heavy atom. The molecule has 6 nitrogen and oxygen atoms in total. The molecule has 6 heteroatoms. The number of imidazole rings is 1. The van der Waals surface area contributed by atoms with Crippen molar-refractivity contribution in [3.05, 3.63) is 65.8 Å². The van der Waals surface area contributed by atoms with Gasteiger partial charge in [0, 0.05) is 29.1 Å². The maximum Gasteiger partial charge on any atom is 0.121 e. The molecule has 1 aliphatic rings. The first-order valence-electron chi connectivity index (χ1n) is 7.54. The Kier molecular flexibility index (Phi) is 3.44. The third-order valence-corrected chi connectivity index (χ3v) is 4.04. The monoisotopic (exact) mass is 317 g/mol. The molecule has 24 heavy (non-hydrogen) atoms. The molecule has 0 saturated carbocycles. The first-order chi connectivity index (χ1) is 11.8. The molecule has 4 N–H and O–H groups in total. The fourth-order valence-electron chi connectivity index (χ4n) is 2.88. The number of nitrogens with zero attached hydrogens (tertiary/aromatic N) is 3. The lowest BCUT2D eigenvalue weighted by Gasteiger charge is -2.05. The third-order valence-electron chi connectivity index (χ3n) is 4.04. The molecule has 0 spiro atoms. The van der Waals surface area contributed by atoms with Crippen LogP contribution in [0.5, 0.6) is 0 Å². The minimum Gasteiger partial charge on any atom is -0.410 e. The van der Waals surface area contributed by atoms with Crippen molar-refractivity contribution in [2.75, 3.05) is 0 Å². The van der Waals surface area contributed by atoms with Crippen molar-refractivity contribution < 1.29 is 5.21 Å². The Morgan fingerprint density at radius 1 is 1.08 bits per heavy atom. The van der Waals surface area contributed by atoms with E-state index in [0.29, 0.717) is 12.3 Å². The van der Waals surface area contributed by atoms with Crippen molar-refractivity contribution in [1.82, 2.24) is 15.0 Å². The number of fused-ring (bicyclic) bond motifs is 1. The van der Waals surface area contributed by atoms with Gasteiger partial charge in [0.05, 0.1) is 17.9 Å². The largest absolute Gasteiger partial charge is 0.410 e. The predicted octanol–water partition coefficient (Wildman–Crippen LogP) is 2.80. The molecular weight excluding hydrogens is 302 g/mol. The van der Waals surface area contributed by atoms with Gasteiger partial charge in [0.15, 0.2) is 0 Å². The molecule has 2 aromatic heterocycles. The molecule has 0 atom stereocenters. The summed E-state index contributed by atoms with van der Waals surface area (Å²) in [5, 5.41) is 12.3. The summed E-state index contributed by atoms with van der Waals surface area (Å²) in [4.78, 5) is 12.0. The zero-order chi connectivity index (χ0) is 16.5. The number of oxime groups is 1. The number of pyridine rings is 1. The maximum absolute atomic E-state index is 9.03. The minimum atomic E-state index is 0.338. The second kappa shape index (κ2) is 5.75. The van der Waals surface area contributed by atoms with E-state index in [1.807, 2.05) is 36.4 Å². The van der Waals surface area contributed by atoms with Gasteiger partial charge in [-0.05, 0) is 29.8 Å². The first kappa shape index (κ1) is 14.3. The number of allylic oxidation sites excluding steroid dienone is 1. The van der Waals surface area contributed by atoms with Crippen molar-refractivity contribution in [2.24, 2.45) is 10.9 Å². The smallest absolute Gasteiger partial charge is 0.121 e. The number of aromatic nitrogens is 3. The Balaban J connectivity index is 1.86. The second-order valence-electron chi connectivity index (χ2n) is 5.47. The molecule has 0 unspecified atom stereocenters. The van der Waals surface area contributed by atoms with Gasteiger partial charge in [0.1, 0.15) is 11.5 Å². The zero-order valence-corrected chi connectivity index (χ0v) is 12.8. The topological polar surface area (TPSA) is 100 Å². The minimum absolute atomic E-state index is 0.338. The highest BCUT2D eigenvalue weighted by Crippen LogP contribution is 2.32. The Hall–Kier alpha value is -3.25. The van der Waals surface area contributed by atoms with E-state index in [2.05, 4.69) is 20.1 Å². The number of benzene rings is 1. The molecule has 4 rings (SSSR count). The van der Waals surface area contributed by atoms with Crippen molar-refractivity contribution in [2.45, 2.75) is 6.54 Å². The van der Waals surface area contributed by atoms with Crippen molar-refractivity contribution >= 4 is 11.8 Å². The Bertz CT molecular complexity index is 957. The summed E-state index contributed by atoms with van der Waals surface area (Å²) in [6.07, 6.45) is 7.21. The van der Waals surface area contributed by atoms with Crippen LogP contribution in [0.1, 0.15) is 17.0 Å². The average molecular weight is 317 g/mol. The molecular formula is C18H15N5O. The molecule has 3 aromatic rings. The molecule has 2 heterocycles. The van der Waals surface area contributed by atoms with Crippen LogP contribution in [-0.2, 0) is 6.54 Å². The van der Waals surface area contributed by atoms with E-state index in [-0.39, 0.29) is 0 Å². The van der Waals surface area contributed by atoms with Gasteiger partial charge in [-0.3, -0.25) is 4.98 Å². The van der Waals surface area contributed by atoms with Crippen LogP contribution in [0.2, 0.25) is 0 Å². The van der Waals surface area contributed by atoms with Crippen LogP contribution in [0.4, 0.5) is 0 Å². The summed E-state index contributed by atoms with van der Waals surface area (Å²) in [5.41, 5.74) is 11.9. The number of nitrogens with two attached hydrogens (primary N) is 1. The highest BCUT2D eigenvalue weighted by molar-refractivity contribution is 6.17. The maximum atomic E-state index is 9.03. The number of hydrogen-bond donors (Lipinski definition) is 3. The van der Waals surface area contributed by atoms with Gasteiger partial charge in [-0.25, -0.2) is 4.98 Å². The quantitative estimate of drug-likeness (QED) is 0.511. The fraction of sp³-hybridized carbons (Fsp3) is 0.0556. The zero-order valence-electron chi connectivity index (χ0n) is 12.8. The Labute approximate surface area is 138 Å².